The molecule has 322 valence electrons. The van der Waals surface area contributed by atoms with Crippen molar-refractivity contribution in [3.05, 3.63) is 41.4 Å². The van der Waals surface area contributed by atoms with Crippen LogP contribution in [0, 0.1) is 5.41 Å². The fourth-order valence-electron chi connectivity index (χ4n) is 6.77. The summed E-state index contributed by atoms with van der Waals surface area (Å²) in [5.41, 5.74) is -0.0716. The first-order chi connectivity index (χ1) is 28.0. The zero-order chi connectivity index (χ0) is 42.2. The van der Waals surface area contributed by atoms with Gasteiger partial charge in [0.2, 0.25) is 5.91 Å². The molecule has 2 aromatic heterocycles. The van der Waals surface area contributed by atoms with E-state index in [2.05, 4.69) is 39.4 Å². The van der Waals surface area contributed by atoms with Gasteiger partial charge in [-0.3, -0.25) is 19.0 Å². The molecule has 0 aliphatic rings. The lowest BCUT2D eigenvalue weighted by Gasteiger charge is -2.25. The van der Waals surface area contributed by atoms with E-state index in [-0.39, 0.29) is 39.2 Å². The third-order valence-electron chi connectivity index (χ3n) is 10.2. The lowest BCUT2D eigenvalue weighted by Crippen LogP contribution is -2.38. The van der Waals surface area contributed by atoms with Crippen LogP contribution < -0.4 is 10.6 Å². The zero-order valence-electron chi connectivity index (χ0n) is 35.8. The Hall–Kier alpha value is -3.51. The summed E-state index contributed by atoms with van der Waals surface area (Å²) >= 11 is 8.45. The van der Waals surface area contributed by atoms with Gasteiger partial charge in [0.25, 0.3) is 5.91 Å². The third kappa shape index (κ3) is 17.4. The third-order valence-corrected chi connectivity index (χ3v) is 11.5. The van der Waals surface area contributed by atoms with Gasteiger partial charge in [0, 0.05) is 11.8 Å². The molecular weight excluding hydrogens is 772 g/mol. The molecule has 0 aliphatic carbocycles. The highest BCUT2D eigenvalue weighted by molar-refractivity contribution is 7.99. The molecule has 11 nitrogen and oxygen atoms in total. The molecule has 0 spiro atoms. The number of anilines is 2. The van der Waals surface area contributed by atoms with Gasteiger partial charge >= 0.3 is 5.97 Å². The topological polar surface area (TPSA) is 145 Å². The van der Waals surface area contributed by atoms with E-state index in [0.29, 0.717) is 13.0 Å². The van der Waals surface area contributed by atoms with Crippen molar-refractivity contribution in [2.24, 2.45) is 5.41 Å². The van der Waals surface area contributed by atoms with Crippen molar-refractivity contribution in [2.45, 2.75) is 169 Å². The molecule has 0 fully saturated rings. The number of imidazole rings is 1. The van der Waals surface area contributed by atoms with E-state index in [0.717, 1.165) is 50.7 Å². The molecule has 0 bridgehead atoms. The van der Waals surface area contributed by atoms with E-state index in [9.17, 15) is 19.2 Å². The monoisotopic (exact) mass is 840 g/mol. The normalized spacial score (nSPS) is 12.1. The highest BCUT2D eigenvalue weighted by atomic mass is 35.5. The van der Waals surface area contributed by atoms with Crippen molar-refractivity contribution in [3.63, 3.8) is 0 Å². The number of nitrogens with one attached hydrogen (secondary N) is 2. The van der Waals surface area contributed by atoms with Crippen LogP contribution in [0.25, 0.3) is 11.2 Å². The van der Waals surface area contributed by atoms with E-state index in [1.165, 1.54) is 112 Å². The predicted molar refractivity (Wildman–Crippen MR) is 239 cm³/mol. The number of esters is 1. The Morgan fingerprint density at radius 2 is 1.38 bits per heavy atom. The number of ether oxygens (including phenoxy) is 1. The molecule has 1 aromatic carbocycles. The Morgan fingerprint density at radius 1 is 0.776 bits per heavy atom. The largest absolute Gasteiger partial charge is 0.462 e. The van der Waals surface area contributed by atoms with Crippen molar-refractivity contribution < 1.29 is 23.9 Å². The Bertz CT molecular complexity index is 1710. The number of unbranched alkanes of at least 4 members (excludes halogenated alkanes) is 17. The quantitative estimate of drug-likeness (QED) is 0.0380. The summed E-state index contributed by atoms with van der Waals surface area (Å²) in [6, 6.07) is 3.13. The molecule has 0 saturated carbocycles. The van der Waals surface area contributed by atoms with Crippen LogP contribution in [-0.2, 0) is 19.1 Å². The molecule has 3 rings (SSSR count). The van der Waals surface area contributed by atoms with Gasteiger partial charge in [0.05, 0.1) is 29.2 Å². The van der Waals surface area contributed by atoms with Crippen LogP contribution >= 0.6 is 23.4 Å². The molecule has 3 aromatic rings. The van der Waals surface area contributed by atoms with Crippen molar-refractivity contribution in [2.75, 3.05) is 28.7 Å². The van der Waals surface area contributed by atoms with Crippen molar-refractivity contribution in [3.8, 4) is 0 Å². The van der Waals surface area contributed by atoms with Gasteiger partial charge < -0.3 is 15.4 Å². The number of rotatable bonds is 30. The smallest absolute Gasteiger partial charge is 0.338 e. The van der Waals surface area contributed by atoms with Crippen LogP contribution in [0.15, 0.2) is 30.9 Å². The van der Waals surface area contributed by atoms with Crippen LogP contribution in [0.2, 0.25) is 5.02 Å². The summed E-state index contributed by atoms with van der Waals surface area (Å²) in [5.74, 6) is 0.720. The number of carbonyl (C=O) groups is 4. The number of carbonyl (C=O) groups excluding carboxylic acids is 4. The lowest BCUT2D eigenvalue weighted by molar-refractivity contribution is -0.135. The number of halogens is 1. The van der Waals surface area contributed by atoms with Gasteiger partial charge in [-0.2, -0.15) is 11.8 Å². The molecule has 1 atom stereocenters. The standard InChI is InChI=1S/C45H69ClN6O5S/c1-6-8-9-10-11-12-13-14-15-16-17-18-21-24-29-57-44(56)34-27-28-35(46)36(31-34)50-43(55)39(40(54)45(3,4)5)52-33-49-38-41(47-32-48-42(38)52)51-37(53)26-23-20-19-22-25-30-58-7-2/h27-28,31-33,39H,6-26,29-30H2,1-5H3,(H,50,55)(H,47,48,51,53). The first-order valence-electron chi connectivity index (χ1n) is 21.8. The average molecular weight is 842 g/mol. The molecule has 0 radical (unpaired) electrons. The molecular formula is C45H69ClN6O5S. The van der Waals surface area contributed by atoms with Crippen molar-refractivity contribution in [1.29, 1.82) is 0 Å². The molecule has 13 heteroatoms. The number of aromatic nitrogens is 4. The Kier molecular flexibility index (Phi) is 23.0. The summed E-state index contributed by atoms with van der Waals surface area (Å²) in [4.78, 5) is 66.8. The summed E-state index contributed by atoms with van der Waals surface area (Å²) in [7, 11) is 0. The summed E-state index contributed by atoms with van der Waals surface area (Å²) in [6.45, 7) is 9.90. The van der Waals surface area contributed by atoms with Gasteiger partial charge in [-0.1, -0.05) is 149 Å². The number of benzene rings is 1. The second kappa shape index (κ2) is 27.3. The SMILES string of the molecule is CCCCCCCCCCCCCCCCOC(=O)c1ccc(Cl)c(NC(=O)C(C(=O)C(C)(C)C)n2cnc3c(NC(=O)CCCCCCCSCC)ncnc32)c1. The fourth-order valence-corrected chi connectivity index (χ4v) is 7.63. The van der Waals surface area contributed by atoms with E-state index in [1.807, 2.05) is 11.8 Å². The van der Waals surface area contributed by atoms with Gasteiger partial charge in [-0.05, 0) is 49.0 Å². The maximum absolute atomic E-state index is 14.0. The van der Waals surface area contributed by atoms with Gasteiger partial charge in [0.15, 0.2) is 28.8 Å². The van der Waals surface area contributed by atoms with E-state index in [4.69, 9.17) is 16.3 Å². The number of ketones is 1. The predicted octanol–water partition coefficient (Wildman–Crippen LogP) is 11.9. The van der Waals surface area contributed by atoms with Gasteiger partial charge in [-0.25, -0.2) is 19.7 Å². The van der Waals surface area contributed by atoms with Crippen LogP contribution in [0.1, 0.15) is 179 Å². The highest BCUT2D eigenvalue weighted by Gasteiger charge is 2.38. The fraction of sp³-hybridized carbons (Fsp3) is 0.667. The molecule has 0 saturated heterocycles. The number of fused-ring (bicyclic) bond motifs is 1. The first kappa shape index (κ1) is 48.9. The number of Topliss-reactive ketones (excluding diaryl/α,β-unsaturated/α-hetero) is 1. The lowest BCUT2D eigenvalue weighted by atomic mass is 9.86. The number of hydrogen-bond donors (Lipinski definition) is 2. The Labute approximate surface area is 356 Å². The van der Waals surface area contributed by atoms with Crippen LogP contribution in [0.4, 0.5) is 11.5 Å². The number of hydrogen-bond acceptors (Lipinski definition) is 9. The van der Waals surface area contributed by atoms with E-state index < -0.39 is 29.1 Å². The molecule has 1 unspecified atom stereocenters. The maximum atomic E-state index is 14.0. The molecule has 58 heavy (non-hydrogen) atoms. The minimum absolute atomic E-state index is 0.163. The Balaban J connectivity index is 1.55. The number of nitrogens with zero attached hydrogens (tertiary/aromatic N) is 4. The van der Waals surface area contributed by atoms with E-state index in [1.54, 1.807) is 26.8 Å². The summed E-state index contributed by atoms with van der Waals surface area (Å²) < 4.78 is 6.94. The molecule has 2 heterocycles. The van der Waals surface area contributed by atoms with Crippen LogP contribution in [0.3, 0.4) is 0 Å². The number of amides is 2. The number of thioether (sulfide) groups is 1. The zero-order valence-corrected chi connectivity index (χ0v) is 37.4. The second-order valence-corrected chi connectivity index (χ2v) is 18.0. The minimum Gasteiger partial charge on any atom is -0.462 e. The van der Waals surface area contributed by atoms with Crippen molar-refractivity contribution >= 4 is 69.6 Å². The Morgan fingerprint density at radius 3 is 2.00 bits per heavy atom. The highest BCUT2D eigenvalue weighted by Crippen LogP contribution is 2.31. The molecule has 2 N–H and O–H groups in total. The van der Waals surface area contributed by atoms with Crippen LogP contribution in [0.5, 0.6) is 0 Å². The summed E-state index contributed by atoms with van der Waals surface area (Å²) in [6.07, 6.45) is 25.6. The van der Waals surface area contributed by atoms with Crippen molar-refractivity contribution in [1.82, 2.24) is 19.5 Å². The maximum Gasteiger partial charge on any atom is 0.338 e. The molecule has 2 amide bonds. The summed E-state index contributed by atoms with van der Waals surface area (Å²) in [5, 5.41) is 5.79. The van der Waals surface area contributed by atoms with Gasteiger partial charge in [0.1, 0.15) is 6.33 Å². The average Bonchev–Trinajstić information content (AvgIpc) is 3.62. The van der Waals surface area contributed by atoms with E-state index >= 15 is 0 Å². The second-order valence-electron chi connectivity index (χ2n) is 16.2. The van der Waals surface area contributed by atoms with Crippen LogP contribution in [-0.4, -0.2) is 61.2 Å². The minimum atomic E-state index is -1.40. The molecule has 0 aliphatic heterocycles. The van der Waals surface area contributed by atoms with Gasteiger partial charge in [-0.15, -0.1) is 0 Å². The first-order valence-corrected chi connectivity index (χ1v) is 23.4.